The highest BCUT2D eigenvalue weighted by Crippen LogP contribution is 2.28. The molecule has 166 valence electrons. The van der Waals surface area contributed by atoms with E-state index in [1.165, 1.54) is 4.90 Å². The number of nitrogens with one attached hydrogen (secondary N) is 1. The van der Waals surface area contributed by atoms with Crippen LogP contribution >= 0.6 is 11.6 Å². The standard InChI is InChI=1S/C22H22ClN5O4/c1-2-32-17-9-7-16(8-10-17)26-11-12-27-20(30)21(31)28(25-22(26)27)14-19(29)24-13-15-5-3-4-6-18(15)23/h3-10,22H,2,11-14H2,1H3/p+1. The molecule has 0 saturated carbocycles. The van der Waals surface area contributed by atoms with Gasteiger partial charge >= 0.3 is 11.8 Å². The molecule has 0 aliphatic carbocycles. The summed E-state index contributed by atoms with van der Waals surface area (Å²) in [5.74, 6) is -1.18. The van der Waals surface area contributed by atoms with Gasteiger partial charge in [0.25, 0.3) is 18.7 Å². The Bertz CT molecular complexity index is 1070. The van der Waals surface area contributed by atoms with Crippen molar-refractivity contribution in [3.05, 3.63) is 59.1 Å². The zero-order chi connectivity index (χ0) is 22.7. The van der Waals surface area contributed by atoms with E-state index in [1.807, 2.05) is 42.2 Å². The summed E-state index contributed by atoms with van der Waals surface area (Å²) in [4.78, 5) is 40.9. The summed E-state index contributed by atoms with van der Waals surface area (Å²) in [6.07, 6.45) is -0.686. The average Bonchev–Trinajstić information content (AvgIpc) is 3.21. The second-order valence-corrected chi connectivity index (χ2v) is 7.72. The zero-order valence-corrected chi connectivity index (χ0v) is 18.3. The Labute approximate surface area is 190 Å². The Morgan fingerprint density at radius 2 is 1.88 bits per heavy atom. The van der Waals surface area contributed by atoms with E-state index in [1.54, 1.807) is 18.2 Å². The Balaban J connectivity index is 1.48. The summed E-state index contributed by atoms with van der Waals surface area (Å²) < 4.78 is 6.42. The number of hydrogen-bond donors (Lipinski definition) is 1. The van der Waals surface area contributed by atoms with E-state index in [-0.39, 0.29) is 13.1 Å². The van der Waals surface area contributed by atoms with Crippen molar-refractivity contribution >= 4 is 35.0 Å². The van der Waals surface area contributed by atoms with E-state index in [9.17, 15) is 14.4 Å². The molecule has 2 aromatic rings. The first kappa shape index (κ1) is 21.8. The molecule has 0 bridgehead atoms. The molecule has 1 atom stereocenters. The Kier molecular flexibility index (Phi) is 6.36. The van der Waals surface area contributed by atoms with E-state index in [0.717, 1.165) is 21.7 Å². The van der Waals surface area contributed by atoms with E-state index >= 15 is 0 Å². The van der Waals surface area contributed by atoms with Crippen LogP contribution in [0.5, 0.6) is 5.75 Å². The minimum Gasteiger partial charge on any atom is -0.494 e. The van der Waals surface area contributed by atoms with Crippen LogP contribution in [0.2, 0.25) is 5.02 Å². The lowest BCUT2D eigenvalue weighted by Gasteiger charge is -2.27. The predicted octanol–water partition coefficient (Wildman–Crippen LogP) is 1.99. The van der Waals surface area contributed by atoms with Gasteiger partial charge in [0.1, 0.15) is 5.75 Å². The van der Waals surface area contributed by atoms with Gasteiger partial charge in [-0.3, -0.25) is 14.5 Å². The molecule has 0 aromatic heterocycles. The SMILES string of the molecule is CCOc1ccc(N2CCN3C(=O)C(=O)[N+](CC(=O)NCc4ccccc4Cl)=NC32)cc1. The molecule has 1 N–H and O–H groups in total. The summed E-state index contributed by atoms with van der Waals surface area (Å²) in [6, 6.07) is 14.6. The van der Waals surface area contributed by atoms with Gasteiger partial charge in [0.05, 0.1) is 6.61 Å². The summed E-state index contributed by atoms with van der Waals surface area (Å²) in [5, 5.41) is 7.65. The van der Waals surface area contributed by atoms with Crippen LogP contribution in [-0.4, -0.2) is 59.8 Å². The molecule has 1 saturated heterocycles. The molecule has 2 aliphatic heterocycles. The van der Waals surface area contributed by atoms with Gasteiger partial charge in [-0.05, 0) is 47.5 Å². The third-order valence-corrected chi connectivity index (χ3v) is 5.64. The summed E-state index contributed by atoms with van der Waals surface area (Å²) >= 11 is 6.11. The molecule has 4 rings (SSSR count). The number of halogens is 1. The first-order valence-electron chi connectivity index (χ1n) is 10.3. The van der Waals surface area contributed by atoms with Crippen LogP contribution in [0.1, 0.15) is 12.5 Å². The number of ether oxygens (including phenoxy) is 1. The third kappa shape index (κ3) is 4.43. The summed E-state index contributed by atoms with van der Waals surface area (Å²) in [7, 11) is 0. The van der Waals surface area contributed by atoms with Crippen LogP contribution in [0.15, 0.2) is 53.6 Å². The van der Waals surface area contributed by atoms with E-state index in [0.29, 0.717) is 24.7 Å². The number of hydrogen-bond acceptors (Lipinski definition) is 6. The van der Waals surface area contributed by atoms with Crippen LogP contribution in [0.3, 0.4) is 0 Å². The van der Waals surface area contributed by atoms with Gasteiger partial charge in [-0.1, -0.05) is 29.8 Å². The van der Waals surface area contributed by atoms with Crippen molar-refractivity contribution in [3.63, 3.8) is 0 Å². The molecule has 2 aromatic carbocycles. The lowest BCUT2D eigenvalue weighted by Crippen LogP contribution is -2.53. The molecule has 9 nitrogen and oxygen atoms in total. The number of carbonyl (C=O) groups is 3. The van der Waals surface area contributed by atoms with Gasteiger partial charge in [-0.2, -0.15) is 0 Å². The molecular weight excluding hydrogens is 434 g/mol. The molecule has 0 spiro atoms. The van der Waals surface area contributed by atoms with Crippen molar-refractivity contribution in [1.82, 2.24) is 10.2 Å². The summed E-state index contributed by atoms with van der Waals surface area (Å²) in [5.41, 5.74) is 1.60. The number of anilines is 1. The van der Waals surface area contributed by atoms with Gasteiger partial charge in [0, 0.05) is 35.5 Å². The zero-order valence-electron chi connectivity index (χ0n) is 17.5. The molecule has 10 heteroatoms. The quantitative estimate of drug-likeness (QED) is 0.508. The maximum Gasteiger partial charge on any atom is 0.502 e. The lowest BCUT2D eigenvalue weighted by molar-refractivity contribution is -0.509. The van der Waals surface area contributed by atoms with Crippen molar-refractivity contribution in [2.75, 3.05) is 31.1 Å². The minimum absolute atomic E-state index is 0.211. The Hall–Kier alpha value is -3.46. The van der Waals surface area contributed by atoms with Crippen LogP contribution in [0.4, 0.5) is 5.69 Å². The van der Waals surface area contributed by atoms with E-state index in [4.69, 9.17) is 16.3 Å². The molecule has 1 unspecified atom stereocenters. The average molecular weight is 457 g/mol. The fraction of sp³-hybridized carbons (Fsp3) is 0.318. The highest BCUT2D eigenvalue weighted by molar-refractivity contribution is 6.32. The van der Waals surface area contributed by atoms with E-state index < -0.39 is 24.0 Å². The maximum absolute atomic E-state index is 12.6. The molecule has 3 amide bonds. The molecule has 2 aliphatic rings. The summed E-state index contributed by atoms with van der Waals surface area (Å²) in [6.45, 7) is 3.24. The Morgan fingerprint density at radius 3 is 2.59 bits per heavy atom. The fourth-order valence-corrected chi connectivity index (χ4v) is 3.86. The topological polar surface area (TPSA) is 94.3 Å². The van der Waals surface area contributed by atoms with Gasteiger partial charge < -0.3 is 15.0 Å². The minimum atomic E-state index is -0.817. The number of amides is 3. The third-order valence-electron chi connectivity index (χ3n) is 5.27. The van der Waals surface area contributed by atoms with Crippen LogP contribution in [-0.2, 0) is 20.9 Å². The van der Waals surface area contributed by atoms with Crippen molar-refractivity contribution < 1.29 is 23.8 Å². The van der Waals surface area contributed by atoms with Gasteiger partial charge in [0.15, 0.2) is 0 Å². The number of nitrogens with zero attached hydrogens (tertiary/aromatic N) is 4. The Morgan fingerprint density at radius 1 is 1.16 bits per heavy atom. The molecular formula is C22H23ClN5O4+. The maximum atomic E-state index is 12.6. The highest BCUT2D eigenvalue weighted by Gasteiger charge is 2.49. The van der Waals surface area contributed by atoms with Gasteiger partial charge in [-0.25, -0.2) is 4.79 Å². The smallest absolute Gasteiger partial charge is 0.494 e. The second kappa shape index (κ2) is 9.35. The van der Waals surface area contributed by atoms with Crippen molar-refractivity contribution in [2.45, 2.75) is 19.8 Å². The lowest BCUT2D eigenvalue weighted by atomic mass is 10.2. The number of azo groups is 2. The largest absolute Gasteiger partial charge is 0.502 e. The predicted molar refractivity (Wildman–Crippen MR) is 116 cm³/mol. The number of carbonyl (C=O) groups excluding carboxylic acids is 3. The normalized spacial score (nSPS) is 17.8. The van der Waals surface area contributed by atoms with Crippen LogP contribution < -0.4 is 15.0 Å². The van der Waals surface area contributed by atoms with Crippen molar-refractivity contribution in [1.29, 1.82) is 0 Å². The number of rotatable bonds is 7. The highest BCUT2D eigenvalue weighted by atomic mass is 35.5. The number of fused-ring (bicyclic) bond motifs is 1. The van der Waals surface area contributed by atoms with E-state index in [2.05, 4.69) is 10.4 Å². The first-order chi connectivity index (χ1) is 15.5. The van der Waals surface area contributed by atoms with Crippen molar-refractivity contribution in [2.24, 2.45) is 5.11 Å². The monoisotopic (exact) mass is 456 g/mol. The molecule has 32 heavy (non-hydrogen) atoms. The molecule has 1 fully saturated rings. The van der Waals surface area contributed by atoms with Gasteiger partial charge in [0.2, 0.25) is 0 Å². The molecule has 2 heterocycles. The second-order valence-electron chi connectivity index (χ2n) is 7.31. The molecule has 0 radical (unpaired) electrons. The first-order valence-corrected chi connectivity index (χ1v) is 10.7. The van der Waals surface area contributed by atoms with Crippen LogP contribution in [0.25, 0.3) is 0 Å². The van der Waals surface area contributed by atoms with Crippen molar-refractivity contribution in [3.8, 4) is 5.75 Å². The van der Waals surface area contributed by atoms with Crippen LogP contribution in [0, 0.1) is 0 Å². The fourth-order valence-electron chi connectivity index (χ4n) is 3.66. The van der Waals surface area contributed by atoms with Gasteiger partial charge in [-0.15, -0.1) is 0 Å². The number of benzene rings is 2.